The highest BCUT2D eigenvalue weighted by atomic mass is 79.9. The molecule has 1 rings (SSSR count). The topological polar surface area (TPSA) is 34.1 Å². The minimum atomic E-state index is -3.10. The highest BCUT2D eigenvalue weighted by Crippen LogP contribution is 2.14. The zero-order chi connectivity index (χ0) is 11.3. The summed E-state index contributed by atoms with van der Waals surface area (Å²) >= 11 is 5.98. The van der Waals surface area contributed by atoms with Gasteiger partial charge in [-0.05, 0) is 11.1 Å². The van der Waals surface area contributed by atoms with Crippen LogP contribution in [0.5, 0.6) is 0 Å². The maximum atomic E-state index is 10.8. The molecule has 15 heavy (non-hydrogen) atoms. The Balaban J connectivity index is 2.80. The third-order valence-electron chi connectivity index (χ3n) is 1.79. The maximum absolute atomic E-state index is 10.8. The van der Waals surface area contributed by atoms with Crippen LogP contribution < -0.4 is 0 Å². The van der Waals surface area contributed by atoms with E-state index in [1.165, 1.54) is 0 Å². The molecule has 0 heterocycles. The summed E-state index contributed by atoms with van der Waals surface area (Å²) in [5.74, 6) is 0.00359. The predicted molar refractivity (Wildman–Crippen MR) is 70.8 cm³/mol. The Hall–Kier alpha value is -0.130. The molecule has 0 radical (unpaired) electrons. The lowest BCUT2D eigenvalue weighted by molar-refractivity contribution is 0.614. The summed E-state index contributed by atoms with van der Waals surface area (Å²) in [5, 5.41) is 0.759. The third-order valence-corrected chi connectivity index (χ3v) is 3.78. The smallest absolute Gasteiger partial charge is 0.212 e. The summed E-state index contributed by atoms with van der Waals surface area (Å²) in [6.45, 7) is 0. The molecule has 0 amide bonds. The van der Waals surface area contributed by atoms with Crippen LogP contribution in [0, 0.1) is 0 Å². The Morgan fingerprint density at radius 1 is 1.27 bits per heavy atom. The van der Waals surface area contributed by atoms with Gasteiger partial charge in [0.15, 0.2) is 0 Å². The van der Waals surface area contributed by atoms with Crippen molar-refractivity contribution in [1.29, 1.82) is 0 Å². The molecule has 0 aliphatic carbocycles. The van der Waals surface area contributed by atoms with Gasteiger partial charge in [0.25, 0.3) is 0 Å². The number of alkyl halides is 1. The standard InChI is InChI=1S/C10H10Br2O2S/c11-8-10-5-2-1-4-9(10)6-3-7-15(12,13)14/h1-6H,7-8H2. The number of halogens is 2. The first-order chi connectivity index (χ1) is 7.03. The van der Waals surface area contributed by atoms with Crippen LogP contribution in [0.2, 0.25) is 0 Å². The molecule has 0 N–H and O–H groups in total. The Morgan fingerprint density at radius 3 is 2.53 bits per heavy atom. The van der Waals surface area contributed by atoms with Gasteiger partial charge in [0, 0.05) is 5.33 Å². The van der Waals surface area contributed by atoms with Crippen molar-refractivity contribution in [2.24, 2.45) is 0 Å². The third kappa shape index (κ3) is 4.95. The summed E-state index contributed by atoms with van der Waals surface area (Å²) in [7, 11) is -3.10. The molecular formula is C10H10Br2O2S. The van der Waals surface area contributed by atoms with Gasteiger partial charge in [-0.1, -0.05) is 52.3 Å². The van der Waals surface area contributed by atoms with Crippen molar-refractivity contribution in [3.05, 3.63) is 41.5 Å². The van der Waals surface area contributed by atoms with Gasteiger partial charge in [0.2, 0.25) is 8.27 Å². The molecule has 0 fully saturated rings. The fraction of sp³-hybridized carbons (Fsp3) is 0.200. The first-order valence-corrected chi connectivity index (χ1v) is 8.87. The van der Waals surface area contributed by atoms with Gasteiger partial charge in [0.1, 0.15) is 0 Å². The van der Waals surface area contributed by atoms with Crippen LogP contribution in [0.4, 0.5) is 0 Å². The molecule has 0 aliphatic heterocycles. The molecule has 82 valence electrons. The predicted octanol–water partition coefficient (Wildman–Crippen LogP) is 3.32. The molecule has 0 saturated heterocycles. The van der Waals surface area contributed by atoms with E-state index in [4.69, 9.17) is 0 Å². The second-order valence-corrected chi connectivity index (χ2v) is 7.87. The van der Waals surface area contributed by atoms with E-state index in [0.717, 1.165) is 16.5 Å². The van der Waals surface area contributed by atoms with Crippen molar-refractivity contribution in [2.75, 3.05) is 5.75 Å². The van der Waals surface area contributed by atoms with Crippen molar-refractivity contribution in [3.63, 3.8) is 0 Å². The summed E-state index contributed by atoms with van der Waals surface area (Å²) in [4.78, 5) is 0. The van der Waals surface area contributed by atoms with Gasteiger partial charge in [-0.25, -0.2) is 8.42 Å². The zero-order valence-electron chi connectivity index (χ0n) is 7.86. The van der Waals surface area contributed by atoms with E-state index < -0.39 is 8.27 Å². The first-order valence-electron chi connectivity index (χ1n) is 4.25. The molecular weight excluding hydrogens is 344 g/mol. The second-order valence-electron chi connectivity index (χ2n) is 2.94. The summed E-state index contributed by atoms with van der Waals surface area (Å²) in [6.07, 6.45) is 3.45. The fourth-order valence-electron chi connectivity index (χ4n) is 1.11. The lowest BCUT2D eigenvalue weighted by Gasteiger charge is -2.00. The number of benzene rings is 1. The lowest BCUT2D eigenvalue weighted by Crippen LogP contribution is -1.91. The molecule has 2 nitrogen and oxygen atoms in total. The molecule has 0 spiro atoms. The average Bonchev–Trinajstić information content (AvgIpc) is 2.16. The highest BCUT2D eigenvalue weighted by Gasteiger charge is 2.00. The SMILES string of the molecule is O=S(=O)(Br)CC=Cc1ccccc1CBr. The van der Waals surface area contributed by atoms with E-state index in [-0.39, 0.29) is 5.75 Å². The molecule has 0 unspecified atom stereocenters. The summed E-state index contributed by atoms with van der Waals surface area (Å²) in [5.41, 5.74) is 2.17. The number of rotatable bonds is 4. The van der Waals surface area contributed by atoms with Gasteiger partial charge < -0.3 is 0 Å². The van der Waals surface area contributed by atoms with E-state index in [1.54, 1.807) is 6.08 Å². The molecule has 1 aromatic carbocycles. The molecule has 0 aliphatic rings. The molecule has 0 saturated carbocycles. The van der Waals surface area contributed by atoms with Gasteiger partial charge in [0.05, 0.1) is 20.6 Å². The molecule has 5 heteroatoms. The van der Waals surface area contributed by atoms with E-state index in [2.05, 4.69) is 30.7 Å². The zero-order valence-corrected chi connectivity index (χ0v) is 11.8. The van der Waals surface area contributed by atoms with Crippen LogP contribution in [0.15, 0.2) is 30.3 Å². The highest BCUT2D eigenvalue weighted by molar-refractivity contribution is 9.47. The van der Waals surface area contributed by atoms with Crippen LogP contribution in [-0.2, 0) is 13.6 Å². The monoisotopic (exact) mass is 352 g/mol. The Morgan fingerprint density at radius 2 is 1.93 bits per heavy atom. The molecule has 0 atom stereocenters. The maximum Gasteiger partial charge on any atom is 0.212 e. The van der Waals surface area contributed by atoms with Gasteiger partial charge in [-0.15, -0.1) is 0 Å². The van der Waals surface area contributed by atoms with Gasteiger partial charge in [-0.3, -0.25) is 0 Å². The van der Waals surface area contributed by atoms with Crippen molar-refractivity contribution < 1.29 is 8.42 Å². The number of hydrogen-bond acceptors (Lipinski definition) is 2. The quantitative estimate of drug-likeness (QED) is 0.614. The van der Waals surface area contributed by atoms with Crippen molar-refractivity contribution >= 4 is 45.1 Å². The molecule has 0 bridgehead atoms. The Labute approximate surface area is 106 Å². The van der Waals surface area contributed by atoms with Crippen molar-refractivity contribution in [1.82, 2.24) is 0 Å². The van der Waals surface area contributed by atoms with Crippen LogP contribution in [0.3, 0.4) is 0 Å². The lowest BCUT2D eigenvalue weighted by atomic mass is 10.1. The van der Waals surface area contributed by atoms with E-state index >= 15 is 0 Å². The van der Waals surface area contributed by atoms with E-state index in [9.17, 15) is 8.42 Å². The minimum absolute atomic E-state index is 0.00359. The van der Waals surface area contributed by atoms with Crippen molar-refractivity contribution in [2.45, 2.75) is 5.33 Å². The van der Waals surface area contributed by atoms with Crippen LogP contribution in [0.1, 0.15) is 11.1 Å². The molecule has 1 aromatic rings. The molecule has 0 aromatic heterocycles. The first kappa shape index (κ1) is 12.9. The average molecular weight is 354 g/mol. The van der Waals surface area contributed by atoms with Gasteiger partial charge >= 0.3 is 0 Å². The Bertz CT molecular complexity index is 452. The normalized spacial score (nSPS) is 12.1. The summed E-state index contributed by atoms with van der Waals surface area (Å²) in [6, 6.07) is 7.83. The number of hydrogen-bond donors (Lipinski definition) is 0. The van der Waals surface area contributed by atoms with E-state index in [1.807, 2.05) is 30.3 Å². The largest absolute Gasteiger partial charge is 0.217 e. The van der Waals surface area contributed by atoms with Crippen LogP contribution >= 0.6 is 30.7 Å². The Kier molecular flexibility index (Phi) is 5.02. The van der Waals surface area contributed by atoms with Gasteiger partial charge in [-0.2, -0.15) is 0 Å². The second kappa shape index (κ2) is 5.82. The minimum Gasteiger partial charge on any atom is -0.217 e. The fourth-order valence-corrected chi connectivity index (χ4v) is 2.40. The van der Waals surface area contributed by atoms with Crippen LogP contribution in [0.25, 0.3) is 6.08 Å². The summed E-state index contributed by atoms with van der Waals surface area (Å²) < 4.78 is 21.7. The van der Waals surface area contributed by atoms with Crippen LogP contribution in [-0.4, -0.2) is 14.2 Å². The van der Waals surface area contributed by atoms with Crippen molar-refractivity contribution in [3.8, 4) is 0 Å². The van der Waals surface area contributed by atoms with E-state index in [0.29, 0.717) is 0 Å².